The van der Waals surface area contributed by atoms with E-state index in [4.69, 9.17) is 0 Å². The van der Waals surface area contributed by atoms with Gasteiger partial charge in [0, 0.05) is 0 Å². The molecule has 0 aromatic heterocycles. The van der Waals surface area contributed by atoms with Gasteiger partial charge in [0.25, 0.3) is 0 Å². The molecule has 26 heavy (non-hydrogen) atoms. The summed E-state index contributed by atoms with van der Waals surface area (Å²) in [6.45, 7) is 26.2. The van der Waals surface area contributed by atoms with Crippen LogP contribution < -0.4 is 0 Å². The average molecular weight is 351 g/mol. The van der Waals surface area contributed by atoms with Crippen LogP contribution in [-0.2, 0) is 6.42 Å². The zero-order chi connectivity index (χ0) is 20.1. The summed E-state index contributed by atoms with van der Waals surface area (Å²) in [5, 5.41) is 0. The summed E-state index contributed by atoms with van der Waals surface area (Å²) in [5.41, 5.74) is 9.25. The lowest BCUT2D eigenvalue weighted by Gasteiger charge is -2.31. The van der Waals surface area contributed by atoms with E-state index in [-0.39, 0.29) is 0 Å². The first kappa shape index (κ1) is 22.2. The fourth-order valence-corrected chi connectivity index (χ4v) is 3.22. The molecule has 0 saturated carbocycles. The lowest BCUT2D eigenvalue weighted by Crippen LogP contribution is -2.23. The smallest absolute Gasteiger partial charge is 0.0192 e. The zero-order valence-electron chi connectivity index (χ0n) is 18.3. The van der Waals surface area contributed by atoms with Crippen LogP contribution >= 0.6 is 0 Å². The standard InChI is InChI=1S/C26H38/c1-11-23(12-2)20(6)14-21(7)25-16-19(5)18(4)15-24(25)17-22(8)26(9,10)13-3/h11-12,14-16,22H,1,6,13,17H2,2-5,7-10H3/b21-14+,23-12-. The summed E-state index contributed by atoms with van der Waals surface area (Å²) in [5.74, 6) is 0.628. The molecule has 0 aliphatic heterocycles. The highest BCUT2D eigenvalue weighted by molar-refractivity contribution is 5.72. The fourth-order valence-electron chi connectivity index (χ4n) is 3.22. The van der Waals surface area contributed by atoms with Crippen LogP contribution in [-0.4, -0.2) is 0 Å². The van der Waals surface area contributed by atoms with E-state index >= 15 is 0 Å². The van der Waals surface area contributed by atoms with E-state index in [9.17, 15) is 0 Å². The molecule has 0 heterocycles. The maximum atomic E-state index is 4.23. The molecule has 0 radical (unpaired) electrons. The maximum Gasteiger partial charge on any atom is -0.0192 e. The summed E-state index contributed by atoms with van der Waals surface area (Å²) in [4.78, 5) is 0. The van der Waals surface area contributed by atoms with Gasteiger partial charge in [-0.05, 0) is 84.4 Å². The van der Waals surface area contributed by atoms with Crippen molar-refractivity contribution in [3.8, 4) is 0 Å². The van der Waals surface area contributed by atoms with Crippen LogP contribution in [0.2, 0.25) is 0 Å². The lowest BCUT2D eigenvalue weighted by atomic mass is 9.74. The van der Waals surface area contributed by atoms with Gasteiger partial charge in [-0.15, -0.1) is 0 Å². The highest BCUT2D eigenvalue weighted by atomic mass is 14.3. The predicted octanol–water partition coefficient (Wildman–Crippen LogP) is 8.01. The predicted molar refractivity (Wildman–Crippen MR) is 120 cm³/mol. The summed E-state index contributed by atoms with van der Waals surface area (Å²) in [7, 11) is 0. The first-order valence-corrected chi connectivity index (χ1v) is 9.84. The number of benzene rings is 1. The molecular weight excluding hydrogens is 312 g/mol. The van der Waals surface area contributed by atoms with Gasteiger partial charge in [0.2, 0.25) is 0 Å². The first-order chi connectivity index (χ1) is 12.1. The third kappa shape index (κ3) is 5.34. The quantitative estimate of drug-likeness (QED) is 0.416. The third-order valence-electron chi connectivity index (χ3n) is 6.21. The van der Waals surface area contributed by atoms with Gasteiger partial charge in [-0.2, -0.15) is 0 Å². The Morgan fingerprint density at radius 2 is 1.77 bits per heavy atom. The van der Waals surface area contributed by atoms with Gasteiger partial charge in [0.15, 0.2) is 0 Å². The van der Waals surface area contributed by atoms with Gasteiger partial charge >= 0.3 is 0 Å². The normalized spacial score (nSPS) is 14.3. The molecule has 0 heteroatoms. The van der Waals surface area contributed by atoms with Crippen molar-refractivity contribution in [3.63, 3.8) is 0 Å². The van der Waals surface area contributed by atoms with Gasteiger partial charge in [-0.3, -0.25) is 0 Å². The zero-order valence-corrected chi connectivity index (χ0v) is 18.3. The van der Waals surface area contributed by atoms with Crippen molar-refractivity contribution in [3.05, 3.63) is 76.9 Å². The van der Waals surface area contributed by atoms with Gasteiger partial charge in [-0.1, -0.05) is 77.6 Å². The largest absolute Gasteiger partial charge is 0.0985 e. The molecule has 1 aromatic carbocycles. The monoisotopic (exact) mass is 350 g/mol. The molecular formula is C26H38. The summed E-state index contributed by atoms with van der Waals surface area (Å²) < 4.78 is 0. The molecule has 0 fully saturated rings. The van der Waals surface area contributed by atoms with E-state index in [0.29, 0.717) is 11.3 Å². The van der Waals surface area contributed by atoms with Crippen molar-refractivity contribution in [1.82, 2.24) is 0 Å². The summed E-state index contributed by atoms with van der Waals surface area (Å²) in [6, 6.07) is 4.73. The van der Waals surface area contributed by atoms with Gasteiger partial charge in [0.1, 0.15) is 0 Å². The molecule has 0 aliphatic rings. The SMILES string of the molecule is C=C/C(=C/C)C(=C)/C=C(\C)c1cc(C)c(C)cc1CC(C)C(C)(C)CC. The Kier molecular flexibility index (Phi) is 7.87. The maximum absolute atomic E-state index is 4.23. The van der Waals surface area contributed by atoms with Crippen molar-refractivity contribution in [2.45, 2.75) is 68.2 Å². The van der Waals surface area contributed by atoms with Gasteiger partial charge in [-0.25, -0.2) is 0 Å². The Balaban J connectivity index is 3.36. The van der Waals surface area contributed by atoms with Crippen molar-refractivity contribution in [2.75, 3.05) is 0 Å². The molecule has 1 atom stereocenters. The Labute approximate surface area is 162 Å². The van der Waals surface area contributed by atoms with E-state index < -0.39 is 0 Å². The second-order valence-electron chi connectivity index (χ2n) is 8.34. The summed E-state index contributed by atoms with van der Waals surface area (Å²) >= 11 is 0. The molecule has 0 N–H and O–H groups in total. The van der Waals surface area contributed by atoms with Crippen LogP contribution in [0, 0.1) is 25.2 Å². The second kappa shape index (κ2) is 9.21. The number of rotatable bonds is 8. The molecule has 0 saturated heterocycles. The van der Waals surface area contributed by atoms with Crippen LogP contribution in [0.25, 0.3) is 5.57 Å². The highest BCUT2D eigenvalue weighted by Crippen LogP contribution is 2.35. The van der Waals surface area contributed by atoms with Crippen LogP contribution in [0.1, 0.15) is 70.2 Å². The van der Waals surface area contributed by atoms with E-state index in [0.717, 1.165) is 17.6 Å². The van der Waals surface area contributed by atoms with Gasteiger partial charge in [0.05, 0.1) is 0 Å². The minimum Gasteiger partial charge on any atom is -0.0985 e. The number of aryl methyl sites for hydroxylation is 2. The number of hydrogen-bond donors (Lipinski definition) is 0. The number of hydrogen-bond acceptors (Lipinski definition) is 0. The van der Waals surface area contributed by atoms with Crippen molar-refractivity contribution in [2.24, 2.45) is 11.3 Å². The van der Waals surface area contributed by atoms with E-state index in [1.54, 1.807) is 0 Å². The number of allylic oxidation sites excluding steroid dienone is 6. The molecule has 1 aromatic rings. The lowest BCUT2D eigenvalue weighted by molar-refractivity contribution is 0.220. The third-order valence-corrected chi connectivity index (χ3v) is 6.21. The van der Waals surface area contributed by atoms with Gasteiger partial charge < -0.3 is 0 Å². The van der Waals surface area contributed by atoms with Crippen LogP contribution in [0.15, 0.2) is 54.7 Å². The fraction of sp³-hybridized carbons (Fsp3) is 0.462. The Morgan fingerprint density at radius 3 is 2.27 bits per heavy atom. The molecule has 0 nitrogen and oxygen atoms in total. The minimum absolute atomic E-state index is 0.345. The minimum atomic E-state index is 0.345. The van der Waals surface area contributed by atoms with Crippen LogP contribution in [0.5, 0.6) is 0 Å². The molecule has 0 amide bonds. The molecule has 1 unspecified atom stereocenters. The van der Waals surface area contributed by atoms with E-state index in [1.165, 1.54) is 34.2 Å². The first-order valence-electron chi connectivity index (χ1n) is 9.84. The van der Waals surface area contributed by atoms with Crippen molar-refractivity contribution < 1.29 is 0 Å². The molecule has 1 rings (SSSR count). The van der Waals surface area contributed by atoms with Crippen LogP contribution in [0.4, 0.5) is 0 Å². The summed E-state index contributed by atoms with van der Waals surface area (Å²) in [6.07, 6.45) is 8.43. The molecule has 0 spiro atoms. The van der Waals surface area contributed by atoms with E-state index in [2.05, 4.69) is 85.9 Å². The second-order valence-corrected chi connectivity index (χ2v) is 8.34. The van der Waals surface area contributed by atoms with Crippen molar-refractivity contribution >= 4 is 5.57 Å². The Morgan fingerprint density at radius 1 is 1.19 bits per heavy atom. The Bertz CT molecular complexity index is 723. The van der Waals surface area contributed by atoms with Crippen LogP contribution in [0.3, 0.4) is 0 Å². The molecule has 0 aliphatic carbocycles. The molecule has 0 bridgehead atoms. The van der Waals surface area contributed by atoms with E-state index in [1.807, 2.05) is 13.0 Å². The van der Waals surface area contributed by atoms with Crippen molar-refractivity contribution in [1.29, 1.82) is 0 Å². The average Bonchev–Trinajstić information content (AvgIpc) is 2.58. The topological polar surface area (TPSA) is 0 Å². The highest BCUT2D eigenvalue weighted by Gasteiger charge is 2.25. The molecule has 142 valence electrons. The Hall–Kier alpha value is -1.82.